The van der Waals surface area contributed by atoms with Crippen LogP contribution in [0.5, 0.6) is 0 Å². The molecule has 1 heterocycles. The van der Waals surface area contributed by atoms with Crippen molar-refractivity contribution in [3.8, 4) is 0 Å². The predicted molar refractivity (Wildman–Crippen MR) is 109 cm³/mol. The first kappa shape index (κ1) is 24.9. The first-order chi connectivity index (χ1) is 14.2. The normalized spacial score (nSPS) is 16.0. The Labute approximate surface area is 186 Å². The number of benzene rings is 2. The number of amides is 1. The molecule has 1 fully saturated rings. The Morgan fingerprint density at radius 3 is 2.39 bits per heavy atom. The van der Waals surface area contributed by atoms with Crippen LogP contribution in [0, 0.1) is 0 Å². The lowest BCUT2D eigenvalue weighted by atomic mass is 10.1. The number of hydrogen-bond donors (Lipinski definition) is 1. The third kappa shape index (κ3) is 7.69. The highest BCUT2D eigenvalue weighted by Gasteiger charge is 2.30. The van der Waals surface area contributed by atoms with Gasteiger partial charge in [0.1, 0.15) is 19.6 Å². The van der Waals surface area contributed by atoms with Crippen molar-refractivity contribution in [1.82, 2.24) is 5.32 Å². The molecule has 1 aliphatic heterocycles. The Bertz CT molecular complexity index is 892. The Kier molecular flexibility index (Phi) is 8.68. The van der Waals surface area contributed by atoms with Crippen molar-refractivity contribution in [2.75, 3.05) is 33.4 Å². The number of carbonyl (C=O) groups is 1. The molecule has 0 radical (unpaired) electrons. The van der Waals surface area contributed by atoms with Crippen LogP contribution in [0.1, 0.15) is 22.3 Å². The maximum atomic E-state index is 12.7. The SMILES string of the molecule is C[N+]1(Cc2ccc(CNC(=O)C=Cc3cccc(C(F)(F)F)c3)cc2)CCOCC1.[Cl-]. The van der Waals surface area contributed by atoms with Crippen molar-refractivity contribution < 1.29 is 39.6 Å². The van der Waals surface area contributed by atoms with Crippen LogP contribution in [0.25, 0.3) is 6.08 Å². The standard InChI is InChI=1S/C23H25F3N2O2.ClH/c1-28(11-13-30-14-12-28)17-20-7-5-19(6-8-20)16-27-22(29)10-9-18-3-2-4-21(15-18)23(24,25)26;/h2-10,15H,11-14,16-17H2,1H3;1H. The quantitative estimate of drug-likeness (QED) is 0.523. The maximum absolute atomic E-state index is 12.7. The van der Waals surface area contributed by atoms with Crippen LogP contribution in [0.3, 0.4) is 0 Å². The zero-order valence-electron chi connectivity index (χ0n) is 17.3. The van der Waals surface area contributed by atoms with Gasteiger partial charge in [0.15, 0.2) is 0 Å². The van der Waals surface area contributed by atoms with Gasteiger partial charge in [-0.05, 0) is 29.3 Å². The summed E-state index contributed by atoms with van der Waals surface area (Å²) in [5.41, 5.74) is 1.78. The second-order valence-corrected chi connectivity index (χ2v) is 7.83. The van der Waals surface area contributed by atoms with Crippen LogP contribution in [-0.4, -0.2) is 43.7 Å². The van der Waals surface area contributed by atoms with Crippen molar-refractivity contribution in [3.63, 3.8) is 0 Å². The highest BCUT2D eigenvalue weighted by Crippen LogP contribution is 2.29. The van der Waals surface area contributed by atoms with Crippen molar-refractivity contribution in [3.05, 3.63) is 76.9 Å². The van der Waals surface area contributed by atoms with Crippen molar-refractivity contribution in [2.24, 2.45) is 0 Å². The van der Waals surface area contributed by atoms with Gasteiger partial charge in [-0.2, -0.15) is 13.2 Å². The molecule has 0 spiro atoms. The number of nitrogens with zero attached hydrogens (tertiary/aromatic N) is 1. The molecule has 4 nitrogen and oxygen atoms in total. The summed E-state index contributed by atoms with van der Waals surface area (Å²) in [6.45, 7) is 4.86. The number of morpholine rings is 1. The van der Waals surface area contributed by atoms with Crippen LogP contribution in [0.2, 0.25) is 0 Å². The fraction of sp³-hybridized carbons (Fsp3) is 0.348. The molecule has 0 aromatic heterocycles. The van der Waals surface area contributed by atoms with E-state index in [0.29, 0.717) is 12.1 Å². The molecule has 8 heteroatoms. The zero-order chi connectivity index (χ0) is 21.6. The summed E-state index contributed by atoms with van der Waals surface area (Å²) in [6.07, 6.45) is -1.78. The lowest BCUT2D eigenvalue weighted by Gasteiger charge is -2.37. The van der Waals surface area contributed by atoms with Gasteiger partial charge in [0.25, 0.3) is 0 Å². The van der Waals surface area contributed by atoms with Gasteiger partial charge in [0.2, 0.25) is 5.91 Å². The number of likely N-dealkylation sites (N-methyl/N-ethyl adjacent to an activating group) is 1. The zero-order valence-corrected chi connectivity index (χ0v) is 18.0. The third-order valence-electron chi connectivity index (χ3n) is 5.25. The van der Waals surface area contributed by atoms with E-state index in [1.807, 2.05) is 12.1 Å². The lowest BCUT2D eigenvalue weighted by Crippen LogP contribution is -3.00. The molecular formula is C23H26ClF3N2O2. The minimum absolute atomic E-state index is 0. The van der Waals surface area contributed by atoms with E-state index in [1.54, 1.807) is 0 Å². The van der Waals surface area contributed by atoms with Gasteiger partial charge < -0.3 is 26.9 Å². The average molecular weight is 455 g/mol. The lowest BCUT2D eigenvalue weighted by molar-refractivity contribution is -0.929. The number of halogens is 4. The summed E-state index contributed by atoms with van der Waals surface area (Å²) in [6, 6.07) is 13.0. The number of nitrogens with one attached hydrogen (secondary N) is 1. The number of ether oxygens (including phenoxy) is 1. The van der Waals surface area contributed by atoms with Crippen LogP contribution in [-0.2, 0) is 28.8 Å². The van der Waals surface area contributed by atoms with Gasteiger partial charge in [-0.15, -0.1) is 0 Å². The van der Waals surface area contributed by atoms with E-state index < -0.39 is 11.7 Å². The number of alkyl halides is 3. The second-order valence-electron chi connectivity index (χ2n) is 7.83. The maximum Gasteiger partial charge on any atom is 0.416 e. The molecule has 2 aromatic carbocycles. The summed E-state index contributed by atoms with van der Waals surface area (Å²) in [4.78, 5) is 12.0. The van der Waals surface area contributed by atoms with Crippen LogP contribution in [0.15, 0.2) is 54.6 Å². The van der Waals surface area contributed by atoms with E-state index in [0.717, 1.165) is 55.0 Å². The molecule has 1 aliphatic rings. The number of carbonyl (C=O) groups excluding carboxylic acids is 1. The fourth-order valence-electron chi connectivity index (χ4n) is 3.38. The number of rotatable bonds is 6. The van der Waals surface area contributed by atoms with Gasteiger partial charge in [-0.3, -0.25) is 4.79 Å². The highest BCUT2D eigenvalue weighted by atomic mass is 35.5. The summed E-state index contributed by atoms with van der Waals surface area (Å²) < 4.78 is 44.6. The Balaban J connectivity index is 0.00000341. The topological polar surface area (TPSA) is 38.3 Å². The minimum Gasteiger partial charge on any atom is -1.00 e. The molecule has 1 saturated heterocycles. The molecule has 1 amide bonds. The smallest absolute Gasteiger partial charge is 0.416 e. The third-order valence-corrected chi connectivity index (χ3v) is 5.25. The van der Waals surface area contributed by atoms with Gasteiger partial charge in [-0.1, -0.05) is 36.4 Å². The van der Waals surface area contributed by atoms with Crippen molar-refractivity contribution >= 4 is 12.0 Å². The van der Waals surface area contributed by atoms with E-state index in [1.165, 1.54) is 29.8 Å². The highest BCUT2D eigenvalue weighted by molar-refractivity contribution is 5.91. The summed E-state index contributed by atoms with van der Waals surface area (Å²) in [5, 5.41) is 2.75. The van der Waals surface area contributed by atoms with E-state index in [2.05, 4.69) is 24.5 Å². The largest absolute Gasteiger partial charge is 1.00 e. The molecule has 0 bridgehead atoms. The Morgan fingerprint density at radius 1 is 1.10 bits per heavy atom. The van der Waals surface area contributed by atoms with Gasteiger partial charge in [0, 0.05) is 18.2 Å². The predicted octanol–water partition coefficient (Wildman–Crippen LogP) is 1.02. The Hall–Kier alpha value is -2.35. The van der Waals surface area contributed by atoms with Crippen molar-refractivity contribution in [1.29, 1.82) is 0 Å². The second kappa shape index (κ2) is 10.8. The van der Waals surface area contributed by atoms with E-state index in [4.69, 9.17) is 4.74 Å². The molecule has 0 aliphatic carbocycles. The Morgan fingerprint density at radius 2 is 1.74 bits per heavy atom. The van der Waals surface area contributed by atoms with E-state index in [-0.39, 0.29) is 18.3 Å². The van der Waals surface area contributed by atoms with Gasteiger partial charge in [-0.25, -0.2) is 0 Å². The summed E-state index contributed by atoms with van der Waals surface area (Å²) in [7, 11) is 2.23. The number of hydrogen-bond acceptors (Lipinski definition) is 2. The molecule has 31 heavy (non-hydrogen) atoms. The van der Waals surface area contributed by atoms with Crippen molar-refractivity contribution in [2.45, 2.75) is 19.3 Å². The molecule has 168 valence electrons. The fourth-order valence-corrected chi connectivity index (χ4v) is 3.38. The first-order valence-corrected chi connectivity index (χ1v) is 9.86. The van der Waals surface area contributed by atoms with Gasteiger partial charge >= 0.3 is 6.18 Å². The summed E-state index contributed by atoms with van der Waals surface area (Å²) in [5.74, 6) is -0.358. The van der Waals surface area contributed by atoms with E-state index >= 15 is 0 Å². The van der Waals surface area contributed by atoms with Gasteiger partial charge in [0.05, 0.1) is 25.8 Å². The molecule has 1 N–H and O–H groups in total. The minimum atomic E-state index is -4.40. The molecule has 2 aromatic rings. The van der Waals surface area contributed by atoms with Crippen LogP contribution >= 0.6 is 0 Å². The van der Waals surface area contributed by atoms with Crippen LogP contribution < -0.4 is 17.7 Å². The molecule has 0 unspecified atom stereocenters. The van der Waals surface area contributed by atoms with E-state index in [9.17, 15) is 18.0 Å². The molecule has 0 saturated carbocycles. The average Bonchev–Trinajstić information content (AvgIpc) is 2.71. The summed E-state index contributed by atoms with van der Waals surface area (Å²) >= 11 is 0. The molecule has 0 atom stereocenters. The first-order valence-electron chi connectivity index (χ1n) is 9.86. The number of quaternary nitrogens is 1. The molecule has 3 rings (SSSR count). The molecular weight excluding hydrogens is 429 g/mol. The monoisotopic (exact) mass is 454 g/mol. The van der Waals surface area contributed by atoms with Crippen LogP contribution in [0.4, 0.5) is 13.2 Å².